The molecular formula is C12H16O2S. The maximum atomic E-state index is 10.9. The van der Waals surface area contributed by atoms with Crippen molar-refractivity contribution in [2.75, 3.05) is 0 Å². The molecule has 15 heavy (non-hydrogen) atoms. The van der Waals surface area contributed by atoms with E-state index in [4.69, 9.17) is 4.74 Å². The minimum atomic E-state index is -0.225. The Hall–Kier alpha value is -0.960. The monoisotopic (exact) mass is 224 g/mol. The van der Waals surface area contributed by atoms with Gasteiger partial charge in [0.25, 0.3) is 0 Å². The van der Waals surface area contributed by atoms with Crippen LogP contribution >= 0.6 is 11.8 Å². The summed E-state index contributed by atoms with van der Waals surface area (Å²) in [6.07, 6.45) is 0. The SMILES string of the molecule is CC(=O)OC(Sc1ccccc1)C(C)C. The third-order valence-electron chi connectivity index (χ3n) is 1.82. The van der Waals surface area contributed by atoms with E-state index in [1.165, 1.54) is 6.92 Å². The molecular weight excluding hydrogens is 208 g/mol. The topological polar surface area (TPSA) is 26.3 Å². The molecule has 0 bridgehead atoms. The number of carbonyl (C=O) groups is 1. The van der Waals surface area contributed by atoms with Crippen LogP contribution in [0.4, 0.5) is 0 Å². The standard InChI is InChI=1S/C12H16O2S/c1-9(2)12(14-10(3)13)15-11-7-5-4-6-8-11/h4-9,12H,1-3H3. The summed E-state index contributed by atoms with van der Waals surface area (Å²) in [6.45, 7) is 5.54. The van der Waals surface area contributed by atoms with Crippen LogP contribution in [0.2, 0.25) is 0 Å². The fourth-order valence-electron chi connectivity index (χ4n) is 1.09. The summed E-state index contributed by atoms with van der Waals surface area (Å²) in [4.78, 5) is 12.0. The molecule has 0 heterocycles. The molecule has 1 unspecified atom stereocenters. The number of thioether (sulfide) groups is 1. The van der Waals surface area contributed by atoms with Gasteiger partial charge in [-0.15, -0.1) is 0 Å². The Labute approximate surface area is 95.0 Å². The fraction of sp³-hybridized carbons (Fsp3) is 0.417. The van der Waals surface area contributed by atoms with Crippen LogP contribution in [0, 0.1) is 5.92 Å². The first kappa shape index (κ1) is 12.1. The molecule has 1 aromatic rings. The van der Waals surface area contributed by atoms with Gasteiger partial charge in [0.15, 0.2) is 5.44 Å². The highest BCUT2D eigenvalue weighted by Crippen LogP contribution is 2.28. The summed E-state index contributed by atoms with van der Waals surface area (Å²) < 4.78 is 5.24. The average molecular weight is 224 g/mol. The zero-order valence-electron chi connectivity index (χ0n) is 9.27. The number of ether oxygens (including phenoxy) is 1. The average Bonchev–Trinajstić information content (AvgIpc) is 2.17. The van der Waals surface area contributed by atoms with Crippen LogP contribution in [0.25, 0.3) is 0 Å². The molecule has 1 atom stereocenters. The van der Waals surface area contributed by atoms with Crippen LogP contribution in [0.15, 0.2) is 35.2 Å². The van der Waals surface area contributed by atoms with Gasteiger partial charge in [-0.3, -0.25) is 4.79 Å². The third kappa shape index (κ3) is 4.38. The molecule has 0 aliphatic carbocycles. The quantitative estimate of drug-likeness (QED) is 0.446. The van der Waals surface area contributed by atoms with Crippen molar-refractivity contribution < 1.29 is 9.53 Å². The molecule has 0 aliphatic heterocycles. The van der Waals surface area contributed by atoms with Gasteiger partial charge in [0.2, 0.25) is 0 Å². The van der Waals surface area contributed by atoms with Crippen molar-refractivity contribution in [1.82, 2.24) is 0 Å². The lowest BCUT2D eigenvalue weighted by molar-refractivity contribution is -0.143. The van der Waals surface area contributed by atoms with Gasteiger partial charge in [-0.25, -0.2) is 0 Å². The summed E-state index contributed by atoms with van der Waals surface area (Å²) >= 11 is 1.58. The van der Waals surface area contributed by atoms with Gasteiger partial charge in [-0.05, 0) is 12.1 Å². The van der Waals surface area contributed by atoms with Gasteiger partial charge in [0.1, 0.15) is 0 Å². The fourth-order valence-corrected chi connectivity index (χ4v) is 2.13. The Bertz CT molecular complexity index is 309. The molecule has 1 aromatic carbocycles. The predicted octanol–water partition coefficient (Wildman–Crippen LogP) is 3.32. The number of carbonyl (C=O) groups excluding carboxylic acids is 1. The summed E-state index contributed by atoms with van der Waals surface area (Å²) in [6, 6.07) is 9.97. The smallest absolute Gasteiger partial charge is 0.303 e. The molecule has 1 rings (SSSR count). The Balaban J connectivity index is 2.63. The minimum absolute atomic E-state index is 0.107. The molecule has 0 spiro atoms. The maximum Gasteiger partial charge on any atom is 0.303 e. The summed E-state index contributed by atoms with van der Waals surface area (Å²) in [7, 11) is 0. The predicted molar refractivity (Wildman–Crippen MR) is 62.7 cm³/mol. The van der Waals surface area contributed by atoms with Gasteiger partial charge >= 0.3 is 5.97 Å². The van der Waals surface area contributed by atoms with Crippen LogP contribution < -0.4 is 0 Å². The molecule has 2 nitrogen and oxygen atoms in total. The van der Waals surface area contributed by atoms with Crippen LogP contribution in [-0.2, 0) is 9.53 Å². The van der Waals surface area contributed by atoms with E-state index in [9.17, 15) is 4.79 Å². The summed E-state index contributed by atoms with van der Waals surface area (Å²) in [5.41, 5.74) is -0.107. The zero-order chi connectivity index (χ0) is 11.3. The van der Waals surface area contributed by atoms with Gasteiger partial charge in [-0.2, -0.15) is 0 Å². The van der Waals surface area contributed by atoms with Gasteiger partial charge < -0.3 is 4.74 Å². The summed E-state index contributed by atoms with van der Waals surface area (Å²) in [5.74, 6) is 0.0798. The third-order valence-corrected chi connectivity index (χ3v) is 3.24. The molecule has 82 valence electrons. The molecule has 3 heteroatoms. The van der Waals surface area contributed by atoms with E-state index in [-0.39, 0.29) is 11.4 Å². The number of esters is 1. The molecule has 0 saturated carbocycles. The van der Waals surface area contributed by atoms with Crippen molar-refractivity contribution in [2.24, 2.45) is 5.92 Å². The second-order valence-corrected chi connectivity index (χ2v) is 4.82. The van der Waals surface area contributed by atoms with Crippen molar-refractivity contribution in [3.05, 3.63) is 30.3 Å². The van der Waals surface area contributed by atoms with Crippen LogP contribution in [0.5, 0.6) is 0 Å². The van der Waals surface area contributed by atoms with Gasteiger partial charge in [0, 0.05) is 17.7 Å². The van der Waals surface area contributed by atoms with E-state index >= 15 is 0 Å². The summed E-state index contributed by atoms with van der Waals surface area (Å²) in [5, 5.41) is 0. The van der Waals surface area contributed by atoms with E-state index < -0.39 is 0 Å². The van der Waals surface area contributed by atoms with Gasteiger partial charge in [0.05, 0.1) is 0 Å². The van der Waals surface area contributed by atoms with E-state index in [1.807, 2.05) is 44.2 Å². The first-order chi connectivity index (χ1) is 7.09. The van der Waals surface area contributed by atoms with E-state index in [1.54, 1.807) is 11.8 Å². The van der Waals surface area contributed by atoms with Crippen molar-refractivity contribution in [2.45, 2.75) is 31.1 Å². The molecule has 0 saturated heterocycles. The number of rotatable bonds is 4. The second kappa shape index (κ2) is 5.81. The molecule has 0 fully saturated rings. The Kier molecular flexibility index (Phi) is 4.69. The molecule has 0 aromatic heterocycles. The lowest BCUT2D eigenvalue weighted by atomic mass is 10.2. The molecule has 0 aliphatic rings. The normalized spacial score (nSPS) is 12.5. The van der Waals surface area contributed by atoms with Crippen molar-refractivity contribution in [3.8, 4) is 0 Å². The highest BCUT2D eigenvalue weighted by molar-refractivity contribution is 7.99. The number of hydrogen-bond donors (Lipinski definition) is 0. The Morgan fingerprint density at radius 1 is 1.27 bits per heavy atom. The van der Waals surface area contributed by atoms with E-state index in [2.05, 4.69) is 0 Å². The van der Waals surface area contributed by atoms with Crippen molar-refractivity contribution in [3.63, 3.8) is 0 Å². The minimum Gasteiger partial charge on any atom is -0.451 e. The van der Waals surface area contributed by atoms with Crippen LogP contribution in [0.3, 0.4) is 0 Å². The van der Waals surface area contributed by atoms with Crippen molar-refractivity contribution >= 4 is 17.7 Å². The maximum absolute atomic E-state index is 10.9. The molecule has 0 radical (unpaired) electrons. The van der Waals surface area contributed by atoms with Gasteiger partial charge in [-0.1, -0.05) is 43.8 Å². The lowest BCUT2D eigenvalue weighted by Crippen LogP contribution is -2.18. The molecule has 0 N–H and O–H groups in total. The first-order valence-corrected chi connectivity index (χ1v) is 5.86. The lowest BCUT2D eigenvalue weighted by Gasteiger charge is -2.19. The number of hydrogen-bond acceptors (Lipinski definition) is 3. The second-order valence-electron chi connectivity index (χ2n) is 3.65. The van der Waals surface area contributed by atoms with E-state index in [0.29, 0.717) is 5.92 Å². The van der Waals surface area contributed by atoms with Crippen molar-refractivity contribution in [1.29, 1.82) is 0 Å². The van der Waals surface area contributed by atoms with Crippen LogP contribution in [0.1, 0.15) is 20.8 Å². The highest BCUT2D eigenvalue weighted by Gasteiger charge is 2.17. The first-order valence-electron chi connectivity index (χ1n) is 4.98. The molecule has 0 amide bonds. The zero-order valence-corrected chi connectivity index (χ0v) is 10.1. The Morgan fingerprint density at radius 3 is 2.33 bits per heavy atom. The highest BCUT2D eigenvalue weighted by atomic mass is 32.2. The Morgan fingerprint density at radius 2 is 1.87 bits per heavy atom. The van der Waals surface area contributed by atoms with Crippen LogP contribution in [-0.4, -0.2) is 11.4 Å². The number of benzene rings is 1. The largest absolute Gasteiger partial charge is 0.451 e. The van der Waals surface area contributed by atoms with E-state index in [0.717, 1.165) is 4.90 Å².